The van der Waals surface area contributed by atoms with Crippen molar-refractivity contribution in [2.75, 3.05) is 43.4 Å². The van der Waals surface area contributed by atoms with Crippen LogP contribution in [0.1, 0.15) is 38.4 Å². The second-order valence-electron chi connectivity index (χ2n) is 9.84. The van der Waals surface area contributed by atoms with Crippen LogP contribution in [0.4, 0.5) is 11.4 Å². The lowest BCUT2D eigenvalue weighted by Gasteiger charge is -2.35. The number of H-pyrrole nitrogens is 1. The highest BCUT2D eigenvalue weighted by Crippen LogP contribution is 2.34. The SMILES string of the molecule is CN1CCN(c2cc3[nH]nc(C=Cc4ccccc4)c3cc2NC(=O)CC(C)(C)C)CC1. The Balaban J connectivity index is 1.69. The van der Waals surface area contributed by atoms with Crippen molar-refractivity contribution >= 4 is 40.3 Å². The number of fused-ring (bicyclic) bond motifs is 1. The molecule has 0 unspecified atom stereocenters. The molecule has 1 aliphatic heterocycles. The number of hydrogen-bond acceptors (Lipinski definition) is 4. The van der Waals surface area contributed by atoms with Gasteiger partial charge in [0.2, 0.25) is 5.91 Å². The zero-order valence-electron chi connectivity index (χ0n) is 19.5. The van der Waals surface area contributed by atoms with Gasteiger partial charge in [0, 0.05) is 38.0 Å². The number of amides is 1. The van der Waals surface area contributed by atoms with Gasteiger partial charge < -0.3 is 15.1 Å². The number of carbonyl (C=O) groups excluding carboxylic acids is 1. The van der Waals surface area contributed by atoms with Gasteiger partial charge in [-0.1, -0.05) is 57.2 Å². The first-order chi connectivity index (χ1) is 15.3. The van der Waals surface area contributed by atoms with Gasteiger partial charge in [0.25, 0.3) is 0 Å². The van der Waals surface area contributed by atoms with Gasteiger partial charge >= 0.3 is 0 Å². The van der Waals surface area contributed by atoms with Gasteiger partial charge in [-0.3, -0.25) is 9.89 Å². The number of rotatable bonds is 5. The van der Waals surface area contributed by atoms with E-state index in [2.05, 4.69) is 83.5 Å². The van der Waals surface area contributed by atoms with Gasteiger partial charge in [-0.05, 0) is 36.2 Å². The van der Waals surface area contributed by atoms with Crippen molar-refractivity contribution in [3.05, 3.63) is 53.7 Å². The van der Waals surface area contributed by atoms with Crippen molar-refractivity contribution in [2.24, 2.45) is 5.41 Å². The summed E-state index contributed by atoms with van der Waals surface area (Å²) in [6.45, 7) is 10.1. The van der Waals surface area contributed by atoms with E-state index in [1.165, 1.54) is 0 Å². The topological polar surface area (TPSA) is 64.3 Å². The summed E-state index contributed by atoms with van der Waals surface area (Å²) in [4.78, 5) is 17.5. The Bertz CT molecular complexity index is 1100. The highest BCUT2D eigenvalue weighted by molar-refractivity contribution is 6.01. The molecule has 0 aliphatic carbocycles. The Morgan fingerprint density at radius 3 is 2.50 bits per heavy atom. The molecule has 2 heterocycles. The number of carbonyl (C=O) groups is 1. The van der Waals surface area contributed by atoms with Crippen molar-refractivity contribution in [3.63, 3.8) is 0 Å². The first kappa shape index (κ1) is 22.1. The molecule has 0 spiro atoms. The van der Waals surface area contributed by atoms with Crippen molar-refractivity contribution in [1.82, 2.24) is 15.1 Å². The molecule has 1 aromatic heterocycles. The number of hydrogen-bond donors (Lipinski definition) is 2. The van der Waals surface area contributed by atoms with Crippen molar-refractivity contribution in [3.8, 4) is 0 Å². The molecule has 32 heavy (non-hydrogen) atoms. The maximum absolute atomic E-state index is 12.8. The average Bonchev–Trinajstić information content (AvgIpc) is 3.13. The highest BCUT2D eigenvalue weighted by Gasteiger charge is 2.22. The van der Waals surface area contributed by atoms with Crippen LogP contribution < -0.4 is 10.2 Å². The fourth-order valence-corrected chi connectivity index (χ4v) is 4.02. The first-order valence-electron chi connectivity index (χ1n) is 11.3. The predicted octanol–water partition coefficient (Wildman–Crippen LogP) is 4.86. The molecule has 0 bridgehead atoms. The summed E-state index contributed by atoms with van der Waals surface area (Å²) in [6, 6.07) is 14.4. The minimum absolute atomic E-state index is 0.0390. The maximum Gasteiger partial charge on any atom is 0.224 e. The Kier molecular flexibility index (Phi) is 6.33. The highest BCUT2D eigenvalue weighted by atomic mass is 16.1. The van der Waals surface area contributed by atoms with E-state index in [0.717, 1.165) is 59.7 Å². The van der Waals surface area contributed by atoms with Crippen molar-refractivity contribution in [1.29, 1.82) is 0 Å². The molecular weight excluding hydrogens is 398 g/mol. The largest absolute Gasteiger partial charge is 0.367 e. The third kappa shape index (κ3) is 5.37. The molecule has 3 aromatic rings. The average molecular weight is 432 g/mol. The van der Waals surface area contributed by atoms with E-state index in [-0.39, 0.29) is 11.3 Å². The molecule has 6 heteroatoms. The van der Waals surface area contributed by atoms with E-state index in [0.29, 0.717) is 6.42 Å². The lowest BCUT2D eigenvalue weighted by molar-refractivity contribution is -0.117. The van der Waals surface area contributed by atoms with E-state index >= 15 is 0 Å². The monoisotopic (exact) mass is 431 g/mol. The summed E-state index contributed by atoms with van der Waals surface area (Å²) >= 11 is 0. The van der Waals surface area contributed by atoms with E-state index in [4.69, 9.17) is 0 Å². The normalized spacial score (nSPS) is 15.6. The standard InChI is InChI=1S/C26H33N5O/c1-26(2,3)18-25(32)27-23-16-20-21(11-10-19-8-6-5-7-9-19)28-29-22(20)17-24(23)31-14-12-30(4)13-15-31/h5-11,16-17H,12-15,18H2,1-4H3,(H,27,32)(H,28,29). The predicted molar refractivity (Wildman–Crippen MR) is 134 cm³/mol. The Morgan fingerprint density at radius 1 is 1.09 bits per heavy atom. The van der Waals surface area contributed by atoms with E-state index in [1.54, 1.807) is 0 Å². The van der Waals surface area contributed by atoms with E-state index in [1.807, 2.05) is 24.3 Å². The molecule has 1 aliphatic rings. The molecule has 1 amide bonds. The summed E-state index contributed by atoms with van der Waals surface area (Å²) in [5, 5.41) is 11.9. The molecular formula is C26H33N5O. The summed E-state index contributed by atoms with van der Waals surface area (Å²) in [5.74, 6) is 0.0390. The van der Waals surface area contributed by atoms with Gasteiger partial charge in [-0.25, -0.2) is 0 Å². The second kappa shape index (κ2) is 9.17. The molecule has 6 nitrogen and oxygen atoms in total. The minimum atomic E-state index is -0.0680. The van der Waals surface area contributed by atoms with E-state index < -0.39 is 0 Å². The zero-order chi connectivity index (χ0) is 22.7. The van der Waals surface area contributed by atoms with Crippen molar-refractivity contribution in [2.45, 2.75) is 27.2 Å². The van der Waals surface area contributed by atoms with Gasteiger partial charge in [-0.2, -0.15) is 5.10 Å². The Labute approximate surface area is 190 Å². The number of nitrogens with zero attached hydrogens (tertiary/aromatic N) is 3. The lowest BCUT2D eigenvalue weighted by Crippen LogP contribution is -2.44. The molecule has 1 fully saturated rings. The van der Waals surface area contributed by atoms with Crippen LogP contribution in [-0.2, 0) is 4.79 Å². The summed E-state index contributed by atoms with van der Waals surface area (Å²) in [6.07, 6.45) is 4.55. The molecule has 4 rings (SSSR count). The number of aromatic nitrogens is 2. The van der Waals surface area contributed by atoms with Gasteiger partial charge in [0.15, 0.2) is 0 Å². The van der Waals surface area contributed by atoms with Crippen LogP contribution in [0.25, 0.3) is 23.1 Å². The van der Waals surface area contributed by atoms with Crippen LogP contribution in [-0.4, -0.2) is 54.2 Å². The van der Waals surface area contributed by atoms with Gasteiger partial charge in [0.05, 0.1) is 22.6 Å². The third-order valence-corrected chi connectivity index (χ3v) is 5.75. The zero-order valence-corrected chi connectivity index (χ0v) is 19.5. The van der Waals surface area contributed by atoms with Crippen LogP contribution in [0, 0.1) is 5.41 Å². The van der Waals surface area contributed by atoms with Crippen LogP contribution in [0.2, 0.25) is 0 Å². The minimum Gasteiger partial charge on any atom is -0.367 e. The van der Waals surface area contributed by atoms with Gasteiger partial charge in [-0.15, -0.1) is 0 Å². The summed E-state index contributed by atoms with van der Waals surface area (Å²) in [7, 11) is 2.15. The number of likely N-dealkylation sites (N-methyl/N-ethyl adjacent to an activating group) is 1. The smallest absolute Gasteiger partial charge is 0.224 e. The molecule has 1 saturated heterocycles. The second-order valence-corrected chi connectivity index (χ2v) is 9.84. The maximum atomic E-state index is 12.8. The van der Waals surface area contributed by atoms with E-state index in [9.17, 15) is 4.79 Å². The Hall–Kier alpha value is -3.12. The fraction of sp³-hybridized carbons (Fsp3) is 0.385. The van der Waals surface area contributed by atoms with Crippen LogP contribution >= 0.6 is 0 Å². The molecule has 2 N–H and O–H groups in total. The quantitative estimate of drug-likeness (QED) is 0.606. The number of anilines is 2. The lowest BCUT2D eigenvalue weighted by atomic mass is 9.92. The number of piperazine rings is 1. The molecule has 0 radical (unpaired) electrons. The van der Waals surface area contributed by atoms with Crippen LogP contribution in [0.15, 0.2) is 42.5 Å². The Morgan fingerprint density at radius 2 is 1.81 bits per heavy atom. The molecule has 0 saturated carbocycles. The molecule has 2 aromatic carbocycles. The van der Waals surface area contributed by atoms with Crippen molar-refractivity contribution < 1.29 is 4.79 Å². The number of aromatic amines is 1. The number of benzene rings is 2. The number of nitrogens with one attached hydrogen (secondary N) is 2. The molecule has 0 atom stereocenters. The summed E-state index contributed by atoms with van der Waals surface area (Å²) < 4.78 is 0. The van der Waals surface area contributed by atoms with Crippen LogP contribution in [0.5, 0.6) is 0 Å². The fourth-order valence-electron chi connectivity index (χ4n) is 4.02. The van der Waals surface area contributed by atoms with Gasteiger partial charge in [0.1, 0.15) is 0 Å². The first-order valence-corrected chi connectivity index (χ1v) is 11.3. The summed E-state index contributed by atoms with van der Waals surface area (Å²) in [5.41, 5.74) is 4.79. The van der Waals surface area contributed by atoms with Crippen LogP contribution in [0.3, 0.4) is 0 Å². The molecule has 168 valence electrons. The third-order valence-electron chi connectivity index (χ3n) is 5.75.